The van der Waals surface area contributed by atoms with E-state index in [1.54, 1.807) is 0 Å². The Hall–Kier alpha value is -1.75. The van der Waals surface area contributed by atoms with Crippen LogP contribution < -0.4 is 14.2 Å². The Morgan fingerprint density at radius 3 is 2.94 bits per heavy atom. The molecule has 0 saturated carbocycles. The molecule has 1 aliphatic rings. The summed E-state index contributed by atoms with van der Waals surface area (Å²) in [6.45, 7) is 0.729. The summed E-state index contributed by atoms with van der Waals surface area (Å²) in [4.78, 5) is 4.20. The number of hydrogen-bond acceptors (Lipinski definition) is 4. The molecule has 2 heterocycles. The van der Waals surface area contributed by atoms with Crippen molar-refractivity contribution < 1.29 is 14.2 Å². The molecule has 0 N–H and O–H groups in total. The minimum absolute atomic E-state index is 0.285. The van der Waals surface area contributed by atoms with Crippen LogP contribution in [0, 0.1) is 0 Å². The van der Waals surface area contributed by atoms with Gasteiger partial charge in [0.15, 0.2) is 11.5 Å². The normalized spacial score (nSPS) is 12.5. The lowest BCUT2D eigenvalue weighted by molar-refractivity contribution is 0.174. The Morgan fingerprint density at radius 1 is 1.17 bits per heavy atom. The number of aromatic nitrogens is 1. The summed E-state index contributed by atoms with van der Waals surface area (Å²) in [6.07, 6.45) is 0. The smallest absolute Gasteiger partial charge is 0.231 e. The molecule has 0 saturated heterocycles. The van der Waals surface area contributed by atoms with Crippen LogP contribution in [0.25, 0.3) is 0 Å². The first-order chi connectivity index (χ1) is 8.81. The molecule has 3 rings (SSSR count). The van der Waals surface area contributed by atoms with Crippen molar-refractivity contribution in [1.29, 1.82) is 0 Å². The minimum atomic E-state index is 0.285. The molecule has 0 unspecified atom stereocenters. The predicted octanol–water partition coefficient (Wildman–Crippen LogP) is 3.15. The van der Waals surface area contributed by atoms with Gasteiger partial charge in [-0.25, -0.2) is 4.98 Å². The maximum absolute atomic E-state index is 5.60. The molecule has 4 nitrogen and oxygen atoms in total. The Labute approximate surface area is 113 Å². The fraction of sp³-hybridized carbons (Fsp3) is 0.154. The summed E-state index contributed by atoms with van der Waals surface area (Å²) in [5, 5.41) is 0. The topological polar surface area (TPSA) is 40.6 Å². The van der Waals surface area contributed by atoms with Gasteiger partial charge in [0.05, 0.1) is 0 Å². The number of pyridine rings is 1. The number of benzene rings is 1. The van der Waals surface area contributed by atoms with E-state index in [1.165, 1.54) is 0 Å². The second-order valence-electron chi connectivity index (χ2n) is 3.77. The highest BCUT2D eigenvalue weighted by molar-refractivity contribution is 9.10. The molecule has 0 atom stereocenters. The van der Waals surface area contributed by atoms with Crippen LogP contribution in [-0.4, -0.2) is 11.8 Å². The monoisotopic (exact) mass is 307 g/mol. The molecule has 5 heteroatoms. The van der Waals surface area contributed by atoms with Gasteiger partial charge in [-0.15, -0.1) is 0 Å². The first-order valence-corrected chi connectivity index (χ1v) is 6.24. The Balaban J connectivity index is 1.70. The third kappa shape index (κ3) is 2.41. The van der Waals surface area contributed by atoms with Gasteiger partial charge in [-0.1, -0.05) is 12.1 Å². The van der Waals surface area contributed by atoms with Gasteiger partial charge in [0.1, 0.15) is 11.2 Å². The highest BCUT2D eigenvalue weighted by atomic mass is 79.9. The summed E-state index contributed by atoms with van der Waals surface area (Å²) in [5.41, 5.74) is 1.01. The summed E-state index contributed by atoms with van der Waals surface area (Å²) in [5.74, 6) is 2.12. The quantitative estimate of drug-likeness (QED) is 0.817. The van der Waals surface area contributed by atoms with E-state index in [2.05, 4.69) is 20.9 Å². The zero-order valence-corrected chi connectivity index (χ0v) is 11.0. The zero-order valence-electron chi connectivity index (χ0n) is 9.43. The fourth-order valence-electron chi connectivity index (χ4n) is 1.66. The largest absolute Gasteiger partial charge is 0.473 e. The molecular weight excluding hydrogens is 298 g/mol. The summed E-state index contributed by atoms with van der Waals surface area (Å²) >= 11 is 3.30. The number of halogens is 1. The van der Waals surface area contributed by atoms with Crippen molar-refractivity contribution in [2.45, 2.75) is 6.61 Å². The lowest BCUT2D eigenvalue weighted by Gasteiger charge is -2.06. The molecular formula is C13H10BrNO3. The van der Waals surface area contributed by atoms with E-state index in [0.717, 1.165) is 21.7 Å². The van der Waals surface area contributed by atoms with E-state index in [4.69, 9.17) is 14.2 Å². The molecule has 0 radical (unpaired) electrons. The third-order valence-electron chi connectivity index (χ3n) is 2.51. The molecule has 1 aromatic heterocycles. The van der Waals surface area contributed by atoms with E-state index in [0.29, 0.717) is 12.5 Å². The number of nitrogens with zero attached hydrogens (tertiary/aromatic N) is 1. The molecule has 1 aromatic carbocycles. The average Bonchev–Trinajstić information content (AvgIpc) is 2.84. The van der Waals surface area contributed by atoms with Gasteiger partial charge in [-0.2, -0.15) is 0 Å². The fourth-order valence-corrected chi connectivity index (χ4v) is 1.99. The van der Waals surface area contributed by atoms with Gasteiger partial charge in [0.2, 0.25) is 12.7 Å². The van der Waals surface area contributed by atoms with Crippen molar-refractivity contribution in [2.75, 3.05) is 6.79 Å². The van der Waals surface area contributed by atoms with E-state index < -0.39 is 0 Å². The van der Waals surface area contributed by atoms with Crippen molar-refractivity contribution in [3.8, 4) is 17.4 Å². The van der Waals surface area contributed by atoms with Gasteiger partial charge in [0, 0.05) is 6.07 Å². The van der Waals surface area contributed by atoms with Crippen molar-refractivity contribution in [1.82, 2.24) is 4.98 Å². The first-order valence-electron chi connectivity index (χ1n) is 5.45. The van der Waals surface area contributed by atoms with E-state index >= 15 is 0 Å². The SMILES string of the molecule is Brc1cccc(OCc2ccc3c(c2)OCO3)n1. The van der Waals surface area contributed by atoms with Gasteiger partial charge < -0.3 is 14.2 Å². The molecule has 1 aliphatic heterocycles. The molecule has 0 aliphatic carbocycles. The van der Waals surface area contributed by atoms with Crippen molar-refractivity contribution in [2.24, 2.45) is 0 Å². The van der Waals surface area contributed by atoms with Crippen molar-refractivity contribution >= 4 is 15.9 Å². The van der Waals surface area contributed by atoms with E-state index in [9.17, 15) is 0 Å². The molecule has 18 heavy (non-hydrogen) atoms. The Kier molecular flexibility index (Phi) is 3.06. The molecule has 2 aromatic rings. The predicted molar refractivity (Wildman–Crippen MR) is 68.8 cm³/mol. The number of rotatable bonds is 3. The van der Waals surface area contributed by atoms with Crippen LogP contribution in [-0.2, 0) is 6.61 Å². The van der Waals surface area contributed by atoms with Crippen LogP contribution in [0.3, 0.4) is 0 Å². The maximum Gasteiger partial charge on any atom is 0.231 e. The van der Waals surface area contributed by atoms with Gasteiger partial charge >= 0.3 is 0 Å². The third-order valence-corrected chi connectivity index (χ3v) is 2.95. The number of hydrogen-bond donors (Lipinski definition) is 0. The minimum Gasteiger partial charge on any atom is -0.473 e. The van der Waals surface area contributed by atoms with Crippen molar-refractivity contribution in [3.05, 3.63) is 46.6 Å². The summed E-state index contributed by atoms with van der Waals surface area (Å²) < 4.78 is 16.9. The van der Waals surface area contributed by atoms with Gasteiger partial charge in [-0.05, 0) is 39.7 Å². The van der Waals surface area contributed by atoms with Gasteiger partial charge in [-0.3, -0.25) is 0 Å². The zero-order chi connectivity index (χ0) is 12.4. The number of ether oxygens (including phenoxy) is 3. The molecule has 0 bridgehead atoms. The van der Waals surface area contributed by atoms with Crippen molar-refractivity contribution in [3.63, 3.8) is 0 Å². The Bertz CT molecular complexity index is 574. The van der Waals surface area contributed by atoms with Gasteiger partial charge in [0.25, 0.3) is 0 Å². The van der Waals surface area contributed by atoms with Crippen LogP contribution in [0.4, 0.5) is 0 Å². The highest BCUT2D eigenvalue weighted by Crippen LogP contribution is 2.32. The summed E-state index contributed by atoms with van der Waals surface area (Å²) in [6, 6.07) is 11.3. The second kappa shape index (κ2) is 4.86. The lowest BCUT2D eigenvalue weighted by atomic mass is 10.2. The lowest BCUT2D eigenvalue weighted by Crippen LogP contribution is -1.97. The molecule has 0 spiro atoms. The van der Waals surface area contributed by atoms with Crippen LogP contribution in [0.15, 0.2) is 41.0 Å². The molecule has 92 valence electrons. The van der Waals surface area contributed by atoms with Crippen LogP contribution in [0.1, 0.15) is 5.56 Å². The Morgan fingerprint density at radius 2 is 2.06 bits per heavy atom. The standard InChI is InChI=1S/C13H10BrNO3/c14-12-2-1-3-13(15-12)16-7-9-4-5-10-11(6-9)18-8-17-10/h1-6H,7-8H2. The highest BCUT2D eigenvalue weighted by Gasteiger charge is 2.13. The maximum atomic E-state index is 5.60. The van der Waals surface area contributed by atoms with Crippen LogP contribution >= 0.6 is 15.9 Å². The van der Waals surface area contributed by atoms with E-state index in [-0.39, 0.29) is 6.79 Å². The van der Waals surface area contributed by atoms with Crippen LogP contribution in [0.5, 0.6) is 17.4 Å². The average molecular weight is 308 g/mol. The number of fused-ring (bicyclic) bond motifs is 1. The molecule has 0 amide bonds. The summed E-state index contributed by atoms with van der Waals surface area (Å²) in [7, 11) is 0. The first kappa shape index (κ1) is 11.3. The van der Waals surface area contributed by atoms with E-state index in [1.807, 2.05) is 36.4 Å². The molecule has 0 fully saturated rings. The van der Waals surface area contributed by atoms with Crippen LogP contribution in [0.2, 0.25) is 0 Å². The second-order valence-corrected chi connectivity index (χ2v) is 4.59.